The zero-order chi connectivity index (χ0) is 15.2. The lowest BCUT2D eigenvalue weighted by atomic mass is 10.2. The molecule has 2 rings (SSSR count). The molecule has 4 nitrogen and oxygen atoms in total. The van der Waals surface area contributed by atoms with Gasteiger partial charge in [-0.1, -0.05) is 45.7 Å². The van der Waals surface area contributed by atoms with Crippen LogP contribution in [-0.2, 0) is 6.61 Å². The molecule has 0 saturated carbocycles. The second-order valence-corrected chi connectivity index (χ2v) is 5.53. The molecule has 0 aliphatic heterocycles. The van der Waals surface area contributed by atoms with Crippen molar-refractivity contribution in [3.8, 4) is 5.75 Å². The summed E-state index contributed by atoms with van der Waals surface area (Å²) in [4.78, 5) is 9.74. The Labute approximate surface area is 135 Å². The Morgan fingerprint density at radius 1 is 1.24 bits per heavy atom. The van der Waals surface area contributed by atoms with Crippen LogP contribution in [0.5, 0.6) is 5.75 Å². The summed E-state index contributed by atoms with van der Waals surface area (Å²) in [6.07, 6.45) is 2.25. The molecule has 21 heavy (non-hydrogen) atoms. The first-order valence-corrected chi connectivity index (χ1v) is 7.20. The van der Waals surface area contributed by atoms with Gasteiger partial charge in [0.05, 0.1) is 9.95 Å². The van der Waals surface area contributed by atoms with Gasteiger partial charge in [-0.05, 0) is 35.4 Å². The normalized spacial score (nSPS) is 10.8. The van der Waals surface area contributed by atoms with Gasteiger partial charge in [-0.25, -0.2) is 0 Å². The molecule has 0 N–H and O–H groups in total. The predicted molar refractivity (Wildman–Crippen MR) is 86.0 cm³/mol. The average Bonchev–Trinajstić information content (AvgIpc) is 2.46. The minimum absolute atomic E-state index is 0.400. The van der Waals surface area contributed by atoms with Crippen LogP contribution in [-0.4, -0.2) is 4.92 Å². The van der Waals surface area contributed by atoms with Crippen molar-refractivity contribution in [1.29, 1.82) is 0 Å². The van der Waals surface area contributed by atoms with E-state index in [0.717, 1.165) is 16.2 Å². The minimum atomic E-state index is -0.522. The molecule has 0 aromatic heterocycles. The van der Waals surface area contributed by atoms with Crippen molar-refractivity contribution >= 4 is 33.6 Å². The summed E-state index contributed by atoms with van der Waals surface area (Å²) in [5.74, 6) is 0.540. The van der Waals surface area contributed by atoms with Crippen molar-refractivity contribution in [2.24, 2.45) is 0 Å². The monoisotopic (exact) mass is 367 g/mol. The van der Waals surface area contributed by atoms with E-state index in [9.17, 15) is 10.1 Å². The molecular formula is C15H11BrClNO3. The lowest BCUT2D eigenvalue weighted by Crippen LogP contribution is -1.95. The van der Waals surface area contributed by atoms with E-state index in [2.05, 4.69) is 15.9 Å². The third kappa shape index (κ3) is 4.88. The molecule has 0 heterocycles. The Bertz CT molecular complexity index is 671. The molecule has 108 valence electrons. The first-order valence-electron chi connectivity index (χ1n) is 6.03. The molecule has 0 fully saturated rings. The predicted octanol–water partition coefficient (Wildman–Crippen LogP) is 4.93. The zero-order valence-electron chi connectivity index (χ0n) is 10.8. The van der Waals surface area contributed by atoms with Crippen LogP contribution in [0, 0.1) is 10.1 Å². The maximum absolute atomic E-state index is 10.3. The second kappa shape index (κ2) is 7.24. The lowest BCUT2D eigenvalue weighted by molar-refractivity contribution is -0.400. The number of rotatable bonds is 5. The van der Waals surface area contributed by atoms with Gasteiger partial charge in [-0.15, -0.1) is 0 Å². The SMILES string of the molecule is O=[N+]([O-])/C=C/c1ccc(OCc2ccc(Br)cc2)c(Cl)c1. The third-order valence-electron chi connectivity index (χ3n) is 2.65. The topological polar surface area (TPSA) is 52.4 Å². The van der Waals surface area contributed by atoms with Crippen molar-refractivity contribution < 1.29 is 9.66 Å². The maximum Gasteiger partial charge on any atom is 0.235 e. The number of hydrogen-bond acceptors (Lipinski definition) is 3. The fourth-order valence-corrected chi connectivity index (χ4v) is 2.13. The molecule has 0 unspecified atom stereocenters. The van der Waals surface area contributed by atoms with E-state index in [-0.39, 0.29) is 0 Å². The van der Waals surface area contributed by atoms with Crippen LogP contribution in [0.2, 0.25) is 5.02 Å². The largest absolute Gasteiger partial charge is 0.487 e. The fraction of sp³-hybridized carbons (Fsp3) is 0.0667. The van der Waals surface area contributed by atoms with Gasteiger partial charge < -0.3 is 4.74 Å². The van der Waals surface area contributed by atoms with Crippen molar-refractivity contribution in [2.45, 2.75) is 6.61 Å². The van der Waals surface area contributed by atoms with Crippen LogP contribution in [0.25, 0.3) is 6.08 Å². The summed E-state index contributed by atoms with van der Waals surface area (Å²) in [5, 5.41) is 10.7. The molecule has 2 aromatic rings. The number of nitrogens with zero attached hydrogens (tertiary/aromatic N) is 1. The number of benzene rings is 2. The zero-order valence-corrected chi connectivity index (χ0v) is 13.2. The van der Waals surface area contributed by atoms with Crippen LogP contribution < -0.4 is 4.74 Å². The van der Waals surface area contributed by atoms with E-state index in [1.54, 1.807) is 18.2 Å². The van der Waals surface area contributed by atoms with Crippen molar-refractivity contribution in [3.05, 3.63) is 79.4 Å². The standard InChI is InChI=1S/C15H11BrClNO3/c16-13-4-1-12(2-5-13)10-21-15-6-3-11(9-14(15)17)7-8-18(19)20/h1-9H,10H2/b8-7+. The smallest absolute Gasteiger partial charge is 0.235 e. The molecule has 0 atom stereocenters. The highest BCUT2D eigenvalue weighted by Gasteiger charge is 2.03. The van der Waals surface area contributed by atoms with Gasteiger partial charge in [0.2, 0.25) is 6.20 Å². The van der Waals surface area contributed by atoms with E-state index in [1.165, 1.54) is 6.08 Å². The number of hydrogen-bond donors (Lipinski definition) is 0. The maximum atomic E-state index is 10.3. The fourth-order valence-electron chi connectivity index (χ4n) is 1.63. The second-order valence-electron chi connectivity index (χ2n) is 4.21. The summed E-state index contributed by atoms with van der Waals surface area (Å²) in [5.41, 5.74) is 1.67. The Hall–Kier alpha value is -1.85. The van der Waals surface area contributed by atoms with E-state index < -0.39 is 4.92 Å². The van der Waals surface area contributed by atoms with Gasteiger partial charge >= 0.3 is 0 Å². The highest BCUT2D eigenvalue weighted by molar-refractivity contribution is 9.10. The Morgan fingerprint density at radius 2 is 1.95 bits per heavy atom. The summed E-state index contributed by atoms with van der Waals surface area (Å²) < 4.78 is 6.64. The molecule has 0 spiro atoms. The van der Waals surface area contributed by atoms with Gasteiger partial charge in [0.1, 0.15) is 12.4 Å². The highest BCUT2D eigenvalue weighted by Crippen LogP contribution is 2.27. The lowest BCUT2D eigenvalue weighted by Gasteiger charge is -2.08. The van der Waals surface area contributed by atoms with Crippen molar-refractivity contribution in [1.82, 2.24) is 0 Å². The molecule has 0 saturated heterocycles. The number of ether oxygens (including phenoxy) is 1. The molecular weight excluding hydrogens is 358 g/mol. The molecule has 2 aromatic carbocycles. The van der Waals surface area contributed by atoms with Gasteiger partial charge in [-0.2, -0.15) is 0 Å². The summed E-state index contributed by atoms with van der Waals surface area (Å²) in [7, 11) is 0. The van der Waals surface area contributed by atoms with Crippen molar-refractivity contribution in [2.75, 3.05) is 0 Å². The first kappa shape index (κ1) is 15.5. The first-order chi connectivity index (χ1) is 10.0. The number of halogens is 2. The van der Waals surface area contributed by atoms with E-state index in [0.29, 0.717) is 22.9 Å². The van der Waals surface area contributed by atoms with Gasteiger partial charge in [0, 0.05) is 10.5 Å². The van der Waals surface area contributed by atoms with Gasteiger partial charge in [-0.3, -0.25) is 10.1 Å². The summed E-state index contributed by atoms with van der Waals surface area (Å²) in [6.45, 7) is 0.400. The summed E-state index contributed by atoms with van der Waals surface area (Å²) in [6, 6.07) is 12.8. The highest BCUT2D eigenvalue weighted by atomic mass is 79.9. The number of nitro groups is 1. The summed E-state index contributed by atoms with van der Waals surface area (Å²) >= 11 is 9.47. The van der Waals surface area contributed by atoms with Crippen LogP contribution in [0.15, 0.2) is 53.1 Å². The van der Waals surface area contributed by atoms with E-state index >= 15 is 0 Å². The minimum Gasteiger partial charge on any atom is -0.487 e. The average molecular weight is 369 g/mol. The molecule has 0 bridgehead atoms. The molecule has 0 aliphatic rings. The van der Waals surface area contributed by atoms with E-state index in [1.807, 2.05) is 24.3 Å². The van der Waals surface area contributed by atoms with Crippen molar-refractivity contribution in [3.63, 3.8) is 0 Å². The third-order valence-corrected chi connectivity index (χ3v) is 3.48. The molecule has 6 heteroatoms. The van der Waals surface area contributed by atoms with E-state index in [4.69, 9.17) is 16.3 Å². The Kier molecular flexibility index (Phi) is 5.36. The van der Waals surface area contributed by atoms with Crippen LogP contribution >= 0.6 is 27.5 Å². The van der Waals surface area contributed by atoms with Crippen LogP contribution in [0.1, 0.15) is 11.1 Å². The Morgan fingerprint density at radius 3 is 2.57 bits per heavy atom. The van der Waals surface area contributed by atoms with Crippen LogP contribution in [0.4, 0.5) is 0 Å². The van der Waals surface area contributed by atoms with Crippen LogP contribution in [0.3, 0.4) is 0 Å². The molecule has 0 radical (unpaired) electrons. The molecule has 0 amide bonds. The quantitative estimate of drug-likeness (QED) is 0.555. The van der Waals surface area contributed by atoms with Gasteiger partial charge in [0.15, 0.2) is 0 Å². The Balaban J connectivity index is 2.04. The molecule has 0 aliphatic carbocycles. The van der Waals surface area contributed by atoms with Gasteiger partial charge in [0.25, 0.3) is 0 Å².